The lowest BCUT2D eigenvalue weighted by Gasteiger charge is -2.25. The maximum absolute atomic E-state index is 6.02. The number of ether oxygens (including phenoxy) is 1. The molecule has 0 bridgehead atoms. The Morgan fingerprint density at radius 1 is 1.32 bits per heavy atom. The Kier molecular flexibility index (Phi) is 4.32. The van der Waals surface area contributed by atoms with Crippen molar-refractivity contribution >= 4 is 0 Å². The Morgan fingerprint density at radius 3 is 2.53 bits per heavy atom. The SMILES string of the molecule is Cc1ccc(C(C)(C)C)cc1C(OCCN)C1CC1. The van der Waals surface area contributed by atoms with Gasteiger partial charge in [0.2, 0.25) is 0 Å². The van der Waals surface area contributed by atoms with Gasteiger partial charge in [-0.3, -0.25) is 0 Å². The van der Waals surface area contributed by atoms with Gasteiger partial charge >= 0.3 is 0 Å². The van der Waals surface area contributed by atoms with Crippen LogP contribution >= 0.6 is 0 Å². The average Bonchev–Trinajstić information content (AvgIpc) is 3.14. The van der Waals surface area contributed by atoms with Gasteiger partial charge < -0.3 is 10.5 Å². The van der Waals surface area contributed by atoms with E-state index in [0.29, 0.717) is 19.1 Å². The molecular weight excluding hydrogens is 234 g/mol. The van der Waals surface area contributed by atoms with Gasteiger partial charge in [0.25, 0.3) is 0 Å². The molecule has 0 heterocycles. The van der Waals surface area contributed by atoms with Crippen LogP contribution in [0.1, 0.15) is 56.4 Å². The van der Waals surface area contributed by atoms with Crippen LogP contribution in [0.5, 0.6) is 0 Å². The van der Waals surface area contributed by atoms with E-state index in [1.165, 1.54) is 29.5 Å². The zero-order valence-electron chi connectivity index (χ0n) is 12.7. The first-order valence-corrected chi connectivity index (χ1v) is 7.36. The molecule has 0 saturated heterocycles. The van der Waals surface area contributed by atoms with E-state index >= 15 is 0 Å². The molecule has 1 atom stereocenters. The van der Waals surface area contributed by atoms with Crippen LogP contribution in [0.25, 0.3) is 0 Å². The topological polar surface area (TPSA) is 35.2 Å². The number of hydrogen-bond donors (Lipinski definition) is 1. The van der Waals surface area contributed by atoms with Crippen molar-refractivity contribution in [2.24, 2.45) is 11.7 Å². The lowest BCUT2D eigenvalue weighted by molar-refractivity contribution is 0.0419. The minimum absolute atomic E-state index is 0.185. The standard InChI is InChI=1S/C17H27NO/c1-12-5-8-14(17(2,3)4)11-15(12)16(13-6-7-13)19-10-9-18/h5,8,11,13,16H,6-7,9-10,18H2,1-4H3. The fourth-order valence-electron chi connectivity index (χ4n) is 2.49. The van der Waals surface area contributed by atoms with Gasteiger partial charge in [-0.25, -0.2) is 0 Å². The van der Waals surface area contributed by atoms with Crippen molar-refractivity contribution in [1.82, 2.24) is 0 Å². The molecule has 1 aliphatic rings. The number of benzene rings is 1. The first kappa shape index (κ1) is 14.5. The van der Waals surface area contributed by atoms with E-state index < -0.39 is 0 Å². The molecule has 2 heteroatoms. The van der Waals surface area contributed by atoms with Gasteiger partial charge in [-0.05, 0) is 47.8 Å². The highest BCUT2D eigenvalue weighted by Crippen LogP contribution is 2.44. The van der Waals surface area contributed by atoms with Gasteiger partial charge in [0.15, 0.2) is 0 Å². The predicted octanol–water partition coefficient (Wildman–Crippen LogP) is 3.72. The monoisotopic (exact) mass is 261 g/mol. The van der Waals surface area contributed by atoms with Crippen molar-refractivity contribution in [1.29, 1.82) is 0 Å². The summed E-state index contributed by atoms with van der Waals surface area (Å²) >= 11 is 0. The average molecular weight is 261 g/mol. The van der Waals surface area contributed by atoms with Crippen molar-refractivity contribution in [2.45, 2.75) is 52.1 Å². The molecular formula is C17H27NO. The zero-order chi connectivity index (χ0) is 14.0. The van der Waals surface area contributed by atoms with E-state index in [1.54, 1.807) is 0 Å². The summed E-state index contributed by atoms with van der Waals surface area (Å²) in [5.41, 5.74) is 9.86. The third-order valence-corrected chi connectivity index (χ3v) is 3.92. The Morgan fingerprint density at radius 2 is 2.00 bits per heavy atom. The number of aryl methyl sites for hydroxylation is 1. The van der Waals surface area contributed by atoms with Crippen molar-refractivity contribution in [3.05, 3.63) is 34.9 Å². The molecule has 1 saturated carbocycles. The van der Waals surface area contributed by atoms with Crippen LogP contribution in [0.3, 0.4) is 0 Å². The second-order valence-electron chi connectivity index (χ2n) is 6.74. The van der Waals surface area contributed by atoms with Gasteiger partial charge in [0, 0.05) is 6.54 Å². The van der Waals surface area contributed by atoms with Crippen LogP contribution < -0.4 is 5.73 Å². The van der Waals surface area contributed by atoms with Gasteiger partial charge in [0.05, 0.1) is 12.7 Å². The molecule has 1 fully saturated rings. The van der Waals surface area contributed by atoms with Gasteiger partial charge in [0.1, 0.15) is 0 Å². The summed E-state index contributed by atoms with van der Waals surface area (Å²) in [5.74, 6) is 0.695. The molecule has 1 aromatic carbocycles. The molecule has 2 N–H and O–H groups in total. The van der Waals surface area contributed by atoms with Crippen LogP contribution in [-0.2, 0) is 10.2 Å². The molecule has 0 amide bonds. The smallest absolute Gasteiger partial charge is 0.0856 e. The number of rotatable bonds is 5. The minimum atomic E-state index is 0.185. The Hall–Kier alpha value is -0.860. The van der Waals surface area contributed by atoms with Crippen molar-refractivity contribution in [3.8, 4) is 0 Å². The van der Waals surface area contributed by atoms with Crippen LogP contribution in [0.4, 0.5) is 0 Å². The second-order valence-corrected chi connectivity index (χ2v) is 6.74. The first-order chi connectivity index (χ1) is 8.93. The fraction of sp³-hybridized carbons (Fsp3) is 0.647. The van der Waals surface area contributed by atoms with Crippen LogP contribution in [0, 0.1) is 12.8 Å². The Labute approximate surface area is 117 Å². The van der Waals surface area contributed by atoms with E-state index in [4.69, 9.17) is 10.5 Å². The van der Waals surface area contributed by atoms with E-state index in [2.05, 4.69) is 45.9 Å². The molecule has 2 nitrogen and oxygen atoms in total. The lowest BCUT2D eigenvalue weighted by Crippen LogP contribution is -2.17. The van der Waals surface area contributed by atoms with Gasteiger partial charge in [-0.1, -0.05) is 39.0 Å². The fourth-order valence-corrected chi connectivity index (χ4v) is 2.49. The summed E-state index contributed by atoms with van der Waals surface area (Å²) in [6.07, 6.45) is 2.81. The molecule has 0 spiro atoms. The van der Waals surface area contributed by atoms with E-state index in [1.807, 2.05) is 0 Å². The molecule has 1 unspecified atom stereocenters. The van der Waals surface area contributed by atoms with Gasteiger partial charge in [-0.15, -0.1) is 0 Å². The molecule has 0 aromatic heterocycles. The zero-order valence-corrected chi connectivity index (χ0v) is 12.7. The summed E-state index contributed by atoms with van der Waals surface area (Å²) in [6, 6.07) is 6.82. The summed E-state index contributed by atoms with van der Waals surface area (Å²) in [5, 5.41) is 0. The molecule has 0 aliphatic heterocycles. The summed E-state index contributed by atoms with van der Waals surface area (Å²) in [7, 11) is 0. The lowest BCUT2D eigenvalue weighted by atomic mass is 9.84. The van der Waals surface area contributed by atoms with E-state index in [9.17, 15) is 0 Å². The van der Waals surface area contributed by atoms with E-state index in [0.717, 1.165) is 0 Å². The molecule has 2 rings (SSSR count). The predicted molar refractivity (Wildman–Crippen MR) is 80.4 cm³/mol. The largest absolute Gasteiger partial charge is 0.372 e. The second kappa shape index (κ2) is 5.64. The number of hydrogen-bond acceptors (Lipinski definition) is 2. The highest BCUT2D eigenvalue weighted by Gasteiger charge is 2.34. The van der Waals surface area contributed by atoms with E-state index in [-0.39, 0.29) is 11.5 Å². The minimum Gasteiger partial charge on any atom is -0.372 e. The maximum Gasteiger partial charge on any atom is 0.0856 e. The molecule has 19 heavy (non-hydrogen) atoms. The maximum atomic E-state index is 6.02. The molecule has 106 valence electrons. The molecule has 1 aromatic rings. The quantitative estimate of drug-likeness (QED) is 0.876. The summed E-state index contributed by atoms with van der Waals surface area (Å²) in [4.78, 5) is 0. The number of nitrogens with two attached hydrogens (primary N) is 1. The Balaban J connectivity index is 2.29. The molecule has 0 radical (unpaired) electrons. The Bertz CT molecular complexity index is 429. The normalized spacial score (nSPS) is 17.5. The summed E-state index contributed by atoms with van der Waals surface area (Å²) in [6.45, 7) is 10.2. The van der Waals surface area contributed by atoms with Crippen LogP contribution in [-0.4, -0.2) is 13.2 Å². The third-order valence-electron chi connectivity index (χ3n) is 3.92. The van der Waals surface area contributed by atoms with Crippen LogP contribution in [0.15, 0.2) is 18.2 Å². The highest BCUT2D eigenvalue weighted by molar-refractivity contribution is 5.36. The first-order valence-electron chi connectivity index (χ1n) is 7.36. The van der Waals surface area contributed by atoms with Crippen molar-refractivity contribution in [3.63, 3.8) is 0 Å². The van der Waals surface area contributed by atoms with Gasteiger partial charge in [-0.2, -0.15) is 0 Å². The summed E-state index contributed by atoms with van der Waals surface area (Å²) < 4.78 is 6.02. The van der Waals surface area contributed by atoms with Crippen molar-refractivity contribution in [2.75, 3.05) is 13.2 Å². The molecule has 1 aliphatic carbocycles. The highest BCUT2D eigenvalue weighted by atomic mass is 16.5. The van der Waals surface area contributed by atoms with Crippen molar-refractivity contribution < 1.29 is 4.74 Å². The third kappa shape index (κ3) is 3.58. The van der Waals surface area contributed by atoms with Crippen LogP contribution in [0.2, 0.25) is 0 Å².